The van der Waals surface area contributed by atoms with Gasteiger partial charge in [-0.15, -0.1) is 0 Å². The number of nitrogens with zero attached hydrogens (tertiary/aromatic N) is 2. The van der Waals surface area contributed by atoms with Crippen LogP contribution in [0.15, 0.2) is 12.4 Å². The highest BCUT2D eigenvalue weighted by molar-refractivity contribution is 5.29. The van der Waals surface area contributed by atoms with Crippen LogP contribution in [-0.2, 0) is 7.05 Å². The summed E-state index contributed by atoms with van der Waals surface area (Å²) in [7, 11) is 2.00. The second kappa shape index (κ2) is 3.87. The SMILES string of the molecule is Cn1ccnc1NC(C)(C)CC(C)(C)C. The van der Waals surface area contributed by atoms with Crippen molar-refractivity contribution in [2.75, 3.05) is 5.32 Å². The van der Waals surface area contributed by atoms with Crippen molar-refractivity contribution in [3.63, 3.8) is 0 Å². The van der Waals surface area contributed by atoms with Crippen LogP contribution in [0.1, 0.15) is 41.0 Å². The molecule has 1 aromatic heterocycles. The number of nitrogens with one attached hydrogen (secondary N) is 1. The summed E-state index contributed by atoms with van der Waals surface area (Å²) >= 11 is 0. The van der Waals surface area contributed by atoms with E-state index in [-0.39, 0.29) is 5.54 Å². The smallest absolute Gasteiger partial charge is 0.202 e. The van der Waals surface area contributed by atoms with Gasteiger partial charge in [-0.05, 0) is 25.7 Å². The van der Waals surface area contributed by atoms with Gasteiger partial charge in [-0.1, -0.05) is 20.8 Å². The Labute approximate surface area is 92.9 Å². The second-order valence-electron chi connectivity index (χ2n) is 6.11. The van der Waals surface area contributed by atoms with E-state index >= 15 is 0 Å². The molecule has 1 N–H and O–H groups in total. The van der Waals surface area contributed by atoms with Crippen molar-refractivity contribution >= 4 is 5.95 Å². The number of imidazole rings is 1. The first kappa shape index (κ1) is 12.1. The van der Waals surface area contributed by atoms with Crippen LogP contribution in [0.25, 0.3) is 0 Å². The van der Waals surface area contributed by atoms with Crippen LogP contribution in [0.3, 0.4) is 0 Å². The Kier molecular flexibility index (Phi) is 3.12. The molecule has 0 bridgehead atoms. The van der Waals surface area contributed by atoms with Crippen LogP contribution < -0.4 is 5.32 Å². The van der Waals surface area contributed by atoms with Gasteiger partial charge in [-0.3, -0.25) is 0 Å². The van der Waals surface area contributed by atoms with Crippen molar-refractivity contribution in [1.29, 1.82) is 0 Å². The van der Waals surface area contributed by atoms with E-state index in [2.05, 4.69) is 44.9 Å². The molecule has 0 fully saturated rings. The first-order valence-electron chi connectivity index (χ1n) is 5.45. The molecular formula is C12H23N3. The lowest BCUT2D eigenvalue weighted by Crippen LogP contribution is -2.36. The lowest BCUT2D eigenvalue weighted by molar-refractivity contribution is 0.301. The van der Waals surface area contributed by atoms with Crippen LogP contribution in [0.5, 0.6) is 0 Å². The summed E-state index contributed by atoms with van der Waals surface area (Å²) in [5, 5.41) is 3.47. The Morgan fingerprint density at radius 3 is 2.27 bits per heavy atom. The van der Waals surface area contributed by atoms with Gasteiger partial charge in [-0.25, -0.2) is 4.98 Å². The summed E-state index contributed by atoms with van der Waals surface area (Å²) in [6, 6.07) is 0. The van der Waals surface area contributed by atoms with Crippen LogP contribution >= 0.6 is 0 Å². The number of aromatic nitrogens is 2. The van der Waals surface area contributed by atoms with E-state index < -0.39 is 0 Å². The third-order valence-electron chi connectivity index (χ3n) is 2.24. The first-order valence-corrected chi connectivity index (χ1v) is 5.45. The molecule has 0 aliphatic heterocycles. The molecule has 0 aliphatic carbocycles. The molecular weight excluding hydrogens is 186 g/mol. The van der Waals surface area contributed by atoms with E-state index in [0.717, 1.165) is 12.4 Å². The van der Waals surface area contributed by atoms with Gasteiger partial charge < -0.3 is 9.88 Å². The summed E-state index contributed by atoms with van der Waals surface area (Å²) < 4.78 is 2.00. The number of anilines is 1. The molecule has 0 saturated carbocycles. The average molecular weight is 209 g/mol. The van der Waals surface area contributed by atoms with Gasteiger partial charge in [0, 0.05) is 25.0 Å². The predicted octanol–water partition coefficient (Wildman–Crippen LogP) is 3.05. The van der Waals surface area contributed by atoms with Gasteiger partial charge in [0.05, 0.1) is 0 Å². The van der Waals surface area contributed by atoms with E-state index in [9.17, 15) is 0 Å². The van der Waals surface area contributed by atoms with Gasteiger partial charge in [0.25, 0.3) is 0 Å². The summed E-state index contributed by atoms with van der Waals surface area (Å²) in [6.07, 6.45) is 4.87. The van der Waals surface area contributed by atoms with Crippen molar-refractivity contribution in [3.05, 3.63) is 12.4 Å². The minimum Gasteiger partial charge on any atom is -0.351 e. The maximum absolute atomic E-state index is 4.28. The molecule has 0 aromatic carbocycles. The molecule has 0 spiro atoms. The van der Waals surface area contributed by atoms with Crippen molar-refractivity contribution in [2.24, 2.45) is 12.5 Å². The fourth-order valence-electron chi connectivity index (χ4n) is 2.16. The zero-order valence-electron chi connectivity index (χ0n) is 10.8. The zero-order chi connectivity index (χ0) is 11.7. The molecule has 0 amide bonds. The minimum atomic E-state index is 0.0668. The van der Waals surface area contributed by atoms with Gasteiger partial charge in [-0.2, -0.15) is 0 Å². The standard InChI is InChI=1S/C12H23N3/c1-11(2,3)9-12(4,5)14-10-13-7-8-15(10)6/h7-8H,9H2,1-6H3,(H,13,14). The molecule has 0 atom stereocenters. The second-order valence-corrected chi connectivity index (χ2v) is 6.11. The van der Waals surface area contributed by atoms with E-state index in [0.29, 0.717) is 5.41 Å². The molecule has 0 aliphatic rings. The van der Waals surface area contributed by atoms with Crippen molar-refractivity contribution in [3.8, 4) is 0 Å². The number of hydrogen-bond acceptors (Lipinski definition) is 2. The van der Waals surface area contributed by atoms with Gasteiger partial charge in [0.1, 0.15) is 0 Å². The first-order chi connectivity index (χ1) is 6.70. The highest BCUT2D eigenvalue weighted by Crippen LogP contribution is 2.28. The zero-order valence-corrected chi connectivity index (χ0v) is 10.8. The Hall–Kier alpha value is -0.990. The van der Waals surface area contributed by atoms with Crippen LogP contribution in [-0.4, -0.2) is 15.1 Å². The highest BCUT2D eigenvalue weighted by atomic mass is 15.2. The molecule has 0 radical (unpaired) electrons. The lowest BCUT2D eigenvalue weighted by atomic mass is 9.82. The molecule has 86 valence electrons. The summed E-state index contributed by atoms with van der Waals surface area (Å²) in [5.41, 5.74) is 0.388. The van der Waals surface area contributed by atoms with E-state index in [1.54, 1.807) is 0 Å². The molecule has 3 heteroatoms. The quantitative estimate of drug-likeness (QED) is 0.829. The third kappa shape index (κ3) is 3.94. The molecule has 1 heterocycles. The third-order valence-corrected chi connectivity index (χ3v) is 2.24. The molecule has 1 rings (SSSR count). The van der Waals surface area contributed by atoms with E-state index in [4.69, 9.17) is 0 Å². The topological polar surface area (TPSA) is 29.9 Å². The highest BCUT2D eigenvalue weighted by Gasteiger charge is 2.26. The molecule has 15 heavy (non-hydrogen) atoms. The summed E-state index contributed by atoms with van der Waals surface area (Å²) in [4.78, 5) is 4.28. The fraction of sp³-hybridized carbons (Fsp3) is 0.750. The van der Waals surface area contributed by atoms with Crippen molar-refractivity contribution in [1.82, 2.24) is 9.55 Å². The molecule has 0 saturated heterocycles. The minimum absolute atomic E-state index is 0.0668. The van der Waals surface area contributed by atoms with Crippen molar-refractivity contribution in [2.45, 2.75) is 46.6 Å². The Bertz CT molecular complexity index is 318. The normalized spacial score (nSPS) is 12.9. The number of rotatable bonds is 3. The summed E-state index contributed by atoms with van der Waals surface area (Å²) in [6.45, 7) is 11.2. The maximum Gasteiger partial charge on any atom is 0.202 e. The number of aryl methyl sites for hydroxylation is 1. The predicted molar refractivity (Wildman–Crippen MR) is 65.0 cm³/mol. The monoisotopic (exact) mass is 209 g/mol. The van der Waals surface area contributed by atoms with E-state index in [1.807, 2.05) is 24.0 Å². The number of hydrogen-bond donors (Lipinski definition) is 1. The van der Waals surface area contributed by atoms with E-state index in [1.165, 1.54) is 0 Å². The van der Waals surface area contributed by atoms with Crippen LogP contribution in [0.4, 0.5) is 5.95 Å². The van der Waals surface area contributed by atoms with Crippen LogP contribution in [0.2, 0.25) is 0 Å². The fourth-order valence-corrected chi connectivity index (χ4v) is 2.16. The molecule has 3 nitrogen and oxygen atoms in total. The Morgan fingerprint density at radius 2 is 1.87 bits per heavy atom. The maximum atomic E-state index is 4.28. The largest absolute Gasteiger partial charge is 0.351 e. The Balaban J connectivity index is 2.68. The summed E-state index contributed by atoms with van der Waals surface area (Å²) in [5.74, 6) is 0.934. The van der Waals surface area contributed by atoms with Crippen molar-refractivity contribution < 1.29 is 0 Å². The van der Waals surface area contributed by atoms with Crippen LogP contribution in [0, 0.1) is 5.41 Å². The van der Waals surface area contributed by atoms with Gasteiger partial charge in [0.2, 0.25) is 5.95 Å². The lowest BCUT2D eigenvalue weighted by Gasteiger charge is -2.33. The molecule has 0 unspecified atom stereocenters. The Morgan fingerprint density at radius 1 is 1.27 bits per heavy atom. The van der Waals surface area contributed by atoms with Gasteiger partial charge in [0.15, 0.2) is 0 Å². The molecule has 1 aromatic rings. The average Bonchev–Trinajstić information content (AvgIpc) is 2.29. The van der Waals surface area contributed by atoms with Gasteiger partial charge >= 0.3 is 0 Å².